The Labute approximate surface area is 198 Å². The Kier molecular flexibility index (Phi) is 7.87. The van der Waals surface area contributed by atoms with Gasteiger partial charge in [-0.15, -0.1) is 0 Å². The molecular formula is C28H35N3O2. The van der Waals surface area contributed by atoms with Crippen LogP contribution in [0.4, 0.5) is 11.4 Å². The van der Waals surface area contributed by atoms with Crippen molar-refractivity contribution in [3.8, 4) is 5.75 Å². The minimum absolute atomic E-state index is 0.805. The van der Waals surface area contributed by atoms with Crippen LogP contribution in [0.5, 0.6) is 5.75 Å². The zero-order valence-electron chi connectivity index (χ0n) is 20.0. The SMILES string of the molecule is COc1cccc(CN(Cc2ccc(N3CCOCC3)cc2)c2cccc(CN(C)C)c2)c1. The summed E-state index contributed by atoms with van der Waals surface area (Å²) in [5.74, 6) is 0.892. The van der Waals surface area contributed by atoms with Gasteiger partial charge < -0.3 is 24.2 Å². The van der Waals surface area contributed by atoms with Crippen molar-refractivity contribution in [1.29, 1.82) is 0 Å². The summed E-state index contributed by atoms with van der Waals surface area (Å²) in [5.41, 5.74) is 6.35. The predicted octanol–water partition coefficient (Wildman–Crippen LogP) is 4.80. The van der Waals surface area contributed by atoms with Crippen LogP contribution in [0.15, 0.2) is 72.8 Å². The van der Waals surface area contributed by atoms with E-state index in [0.29, 0.717) is 0 Å². The molecule has 0 radical (unpaired) electrons. The molecule has 1 aliphatic heterocycles. The molecule has 33 heavy (non-hydrogen) atoms. The lowest BCUT2D eigenvalue weighted by molar-refractivity contribution is 0.122. The standard InChI is InChI=1S/C28H35N3O2/c1-29(2)20-24-6-4-8-27(18-24)31(22-25-7-5-9-28(19-25)32-3)21-23-10-12-26(13-11-23)30-14-16-33-17-15-30/h4-13,18-19H,14-17,20-22H2,1-3H3. The molecule has 5 heteroatoms. The van der Waals surface area contributed by atoms with E-state index in [1.165, 1.54) is 28.1 Å². The predicted molar refractivity (Wildman–Crippen MR) is 136 cm³/mol. The molecule has 0 amide bonds. The van der Waals surface area contributed by atoms with Gasteiger partial charge in [0.15, 0.2) is 0 Å². The van der Waals surface area contributed by atoms with E-state index in [1.807, 2.05) is 6.07 Å². The van der Waals surface area contributed by atoms with Crippen LogP contribution in [0, 0.1) is 0 Å². The lowest BCUT2D eigenvalue weighted by atomic mass is 10.1. The minimum atomic E-state index is 0.805. The zero-order valence-corrected chi connectivity index (χ0v) is 20.0. The van der Waals surface area contributed by atoms with E-state index in [1.54, 1.807) is 7.11 Å². The van der Waals surface area contributed by atoms with Crippen molar-refractivity contribution < 1.29 is 9.47 Å². The maximum absolute atomic E-state index is 5.49. The Morgan fingerprint density at radius 1 is 0.788 bits per heavy atom. The van der Waals surface area contributed by atoms with Gasteiger partial charge >= 0.3 is 0 Å². The second-order valence-electron chi connectivity index (χ2n) is 8.88. The fraction of sp³-hybridized carbons (Fsp3) is 0.357. The number of benzene rings is 3. The van der Waals surface area contributed by atoms with Gasteiger partial charge in [0.25, 0.3) is 0 Å². The van der Waals surface area contributed by atoms with Gasteiger partial charge in [0.1, 0.15) is 5.75 Å². The first-order chi connectivity index (χ1) is 16.1. The topological polar surface area (TPSA) is 28.2 Å². The maximum Gasteiger partial charge on any atom is 0.119 e. The van der Waals surface area contributed by atoms with E-state index in [2.05, 4.69) is 95.5 Å². The number of morpholine rings is 1. The molecule has 0 unspecified atom stereocenters. The summed E-state index contributed by atoms with van der Waals surface area (Å²) in [6.45, 7) is 6.10. The Morgan fingerprint density at radius 2 is 1.45 bits per heavy atom. The lowest BCUT2D eigenvalue weighted by Gasteiger charge is -2.29. The van der Waals surface area contributed by atoms with Crippen molar-refractivity contribution in [2.24, 2.45) is 0 Å². The van der Waals surface area contributed by atoms with E-state index in [4.69, 9.17) is 9.47 Å². The largest absolute Gasteiger partial charge is 0.497 e. The van der Waals surface area contributed by atoms with Gasteiger partial charge in [-0.25, -0.2) is 0 Å². The highest BCUT2D eigenvalue weighted by atomic mass is 16.5. The van der Waals surface area contributed by atoms with Gasteiger partial charge in [-0.3, -0.25) is 0 Å². The third kappa shape index (κ3) is 6.50. The van der Waals surface area contributed by atoms with Gasteiger partial charge in [-0.05, 0) is 67.2 Å². The van der Waals surface area contributed by atoms with Crippen LogP contribution in [-0.2, 0) is 24.4 Å². The summed E-state index contributed by atoms with van der Waals surface area (Å²) in [4.78, 5) is 7.04. The van der Waals surface area contributed by atoms with Crippen LogP contribution in [0.1, 0.15) is 16.7 Å². The van der Waals surface area contributed by atoms with Crippen molar-refractivity contribution in [2.75, 3.05) is 57.3 Å². The van der Waals surface area contributed by atoms with Crippen molar-refractivity contribution in [3.05, 3.63) is 89.5 Å². The quantitative estimate of drug-likeness (QED) is 0.472. The van der Waals surface area contributed by atoms with Crippen molar-refractivity contribution >= 4 is 11.4 Å². The Hall–Kier alpha value is -3.02. The summed E-state index contributed by atoms with van der Waals surface area (Å²) >= 11 is 0. The van der Waals surface area contributed by atoms with E-state index >= 15 is 0 Å². The smallest absolute Gasteiger partial charge is 0.119 e. The molecule has 5 nitrogen and oxygen atoms in total. The molecule has 0 aromatic heterocycles. The number of ether oxygens (including phenoxy) is 2. The van der Waals surface area contributed by atoms with Crippen LogP contribution in [-0.4, -0.2) is 52.4 Å². The molecule has 0 atom stereocenters. The van der Waals surface area contributed by atoms with Gasteiger partial charge in [-0.1, -0.05) is 36.4 Å². The highest BCUT2D eigenvalue weighted by molar-refractivity contribution is 5.52. The number of rotatable bonds is 9. The Bertz CT molecular complexity index is 1010. The fourth-order valence-corrected chi connectivity index (χ4v) is 4.30. The van der Waals surface area contributed by atoms with Crippen molar-refractivity contribution in [3.63, 3.8) is 0 Å². The molecule has 0 bridgehead atoms. The van der Waals surface area contributed by atoms with E-state index in [0.717, 1.165) is 51.7 Å². The van der Waals surface area contributed by atoms with Crippen LogP contribution >= 0.6 is 0 Å². The van der Waals surface area contributed by atoms with Gasteiger partial charge in [0.05, 0.1) is 20.3 Å². The molecule has 4 rings (SSSR count). The summed E-state index contributed by atoms with van der Waals surface area (Å²) in [5, 5.41) is 0. The van der Waals surface area contributed by atoms with Crippen LogP contribution < -0.4 is 14.5 Å². The fourth-order valence-electron chi connectivity index (χ4n) is 4.30. The van der Waals surface area contributed by atoms with Gasteiger partial charge in [-0.2, -0.15) is 0 Å². The molecule has 0 spiro atoms. The number of nitrogens with zero attached hydrogens (tertiary/aromatic N) is 3. The normalized spacial score (nSPS) is 13.9. The van der Waals surface area contributed by atoms with E-state index in [-0.39, 0.29) is 0 Å². The average molecular weight is 446 g/mol. The molecular weight excluding hydrogens is 410 g/mol. The van der Waals surface area contributed by atoms with E-state index < -0.39 is 0 Å². The van der Waals surface area contributed by atoms with Crippen LogP contribution in [0.3, 0.4) is 0 Å². The number of hydrogen-bond acceptors (Lipinski definition) is 5. The molecule has 3 aromatic carbocycles. The highest BCUT2D eigenvalue weighted by Gasteiger charge is 2.13. The van der Waals surface area contributed by atoms with Crippen LogP contribution in [0.25, 0.3) is 0 Å². The number of hydrogen-bond donors (Lipinski definition) is 0. The Balaban J connectivity index is 1.56. The highest BCUT2D eigenvalue weighted by Crippen LogP contribution is 2.25. The summed E-state index contributed by atoms with van der Waals surface area (Å²) < 4.78 is 10.9. The van der Waals surface area contributed by atoms with Crippen LogP contribution in [0.2, 0.25) is 0 Å². The first kappa shape index (κ1) is 23.1. The Morgan fingerprint density at radius 3 is 2.15 bits per heavy atom. The van der Waals surface area contributed by atoms with E-state index in [9.17, 15) is 0 Å². The molecule has 1 heterocycles. The van der Waals surface area contributed by atoms with Crippen molar-refractivity contribution in [2.45, 2.75) is 19.6 Å². The zero-order chi connectivity index (χ0) is 23.0. The molecule has 174 valence electrons. The summed E-state index contributed by atoms with van der Waals surface area (Å²) in [6, 6.07) is 26.2. The lowest BCUT2D eigenvalue weighted by Crippen LogP contribution is -2.36. The molecule has 0 N–H and O–H groups in total. The first-order valence-corrected chi connectivity index (χ1v) is 11.6. The number of anilines is 2. The number of methoxy groups -OCH3 is 1. The van der Waals surface area contributed by atoms with Gasteiger partial charge in [0.2, 0.25) is 0 Å². The van der Waals surface area contributed by atoms with Crippen molar-refractivity contribution in [1.82, 2.24) is 4.90 Å². The maximum atomic E-state index is 5.49. The second kappa shape index (κ2) is 11.2. The molecule has 3 aromatic rings. The monoisotopic (exact) mass is 445 g/mol. The third-order valence-electron chi connectivity index (χ3n) is 5.97. The second-order valence-corrected chi connectivity index (χ2v) is 8.88. The molecule has 1 fully saturated rings. The summed E-state index contributed by atoms with van der Waals surface area (Å²) in [6.07, 6.45) is 0. The molecule has 1 aliphatic rings. The van der Waals surface area contributed by atoms with Gasteiger partial charge in [0, 0.05) is 44.1 Å². The summed E-state index contributed by atoms with van der Waals surface area (Å²) in [7, 11) is 5.94. The molecule has 1 saturated heterocycles. The molecule has 0 saturated carbocycles. The third-order valence-corrected chi connectivity index (χ3v) is 5.97. The minimum Gasteiger partial charge on any atom is -0.497 e. The molecule has 0 aliphatic carbocycles. The average Bonchev–Trinajstić information content (AvgIpc) is 2.84. The first-order valence-electron chi connectivity index (χ1n) is 11.6.